The Morgan fingerprint density at radius 2 is 1.37 bits per heavy atom. The van der Waals surface area contributed by atoms with Gasteiger partial charge in [0.05, 0.1) is 13.4 Å². The fourth-order valence-corrected chi connectivity index (χ4v) is 6.65. The Labute approximate surface area is 255 Å². The molecule has 0 aromatic heterocycles. The summed E-state index contributed by atoms with van der Waals surface area (Å²) in [5.74, 6) is -8.19. The first-order valence-electron chi connectivity index (χ1n) is 9.52. The van der Waals surface area contributed by atoms with Gasteiger partial charge in [0.1, 0.15) is 11.5 Å². The van der Waals surface area contributed by atoms with Crippen LogP contribution < -0.4 is 9.47 Å². The Morgan fingerprint density at radius 3 is 1.84 bits per heavy atom. The molecule has 0 fully saturated rings. The van der Waals surface area contributed by atoms with Crippen LogP contribution >= 0.6 is 79.6 Å². The zero-order valence-electron chi connectivity index (χ0n) is 18.3. The van der Waals surface area contributed by atoms with Gasteiger partial charge in [-0.15, -0.1) is 0 Å². The number of benzene rings is 2. The van der Waals surface area contributed by atoms with Crippen molar-refractivity contribution in [3.63, 3.8) is 0 Å². The van der Waals surface area contributed by atoms with Crippen molar-refractivity contribution in [2.45, 2.75) is 19.2 Å². The molecule has 0 aliphatic rings. The van der Waals surface area contributed by atoms with Crippen LogP contribution in [-0.4, -0.2) is 48.9 Å². The smallest absolute Gasteiger partial charge is 0.426 e. The number of rotatable bonds is 8. The van der Waals surface area contributed by atoms with Crippen LogP contribution in [-0.2, 0) is 29.2 Å². The highest BCUT2D eigenvalue weighted by Gasteiger charge is 2.57. The summed E-state index contributed by atoms with van der Waals surface area (Å²) in [6.07, 6.45) is -8.94. The zero-order valence-corrected chi connectivity index (χ0v) is 27.1. The van der Waals surface area contributed by atoms with E-state index >= 15 is 0 Å². The van der Waals surface area contributed by atoms with Gasteiger partial charge in [0.2, 0.25) is 6.10 Å². The molecule has 2 atom stereocenters. The first-order valence-corrected chi connectivity index (χ1v) is 15.1. The van der Waals surface area contributed by atoms with Crippen LogP contribution in [0.15, 0.2) is 52.7 Å². The van der Waals surface area contributed by atoms with E-state index in [4.69, 9.17) is 14.0 Å². The molecular weight excluding hydrogens is 873 g/mol. The van der Waals surface area contributed by atoms with E-state index < -0.39 is 51.5 Å². The van der Waals surface area contributed by atoms with Crippen molar-refractivity contribution in [3.8, 4) is 11.5 Å². The second kappa shape index (κ2) is 12.6. The van der Waals surface area contributed by atoms with Gasteiger partial charge in [-0.05, 0) is 85.0 Å². The Balaban J connectivity index is 2.56. The van der Waals surface area contributed by atoms with Gasteiger partial charge in [-0.2, -0.15) is 21.6 Å². The predicted octanol–water partition coefficient (Wildman–Crippen LogP) is 6.38. The molecule has 9 nitrogen and oxygen atoms in total. The van der Waals surface area contributed by atoms with Crippen LogP contribution in [0.2, 0.25) is 0 Å². The third-order valence-corrected chi connectivity index (χ3v) is 7.93. The van der Waals surface area contributed by atoms with Crippen LogP contribution in [0.5, 0.6) is 11.5 Å². The number of alkyl halides is 3. The molecule has 18 heteroatoms. The lowest BCUT2D eigenvalue weighted by molar-refractivity contribution is -0.222. The van der Waals surface area contributed by atoms with E-state index in [0.717, 1.165) is 0 Å². The number of esters is 3. The zero-order chi connectivity index (χ0) is 29.2. The largest absolute Gasteiger partial charge is 0.450 e. The van der Waals surface area contributed by atoms with Gasteiger partial charge in [-0.3, -0.25) is 9.35 Å². The number of carbonyl (C=O) groups excluding carboxylic acids is 3. The van der Waals surface area contributed by atoms with Gasteiger partial charge in [-0.25, -0.2) is 9.59 Å². The summed E-state index contributed by atoms with van der Waals surface area (Å²) in [5, 5.41) is 0. The average Bonchev–Trinajstić information content (AvgIpc) is 2.75. The third-order valence-electron chi connectivity index (χ3n) is 4.46. The van der Waals surface area contributed by atoms with Crippen LogP contribution in [0.25, 0.3) is 0 Å². The molecule has 0 heterocycles. The summed E-state index contributed by atoms with van der Waals surface area (Å²) in [6.45, 7) is 0.578. The Bertz CT molecular complexity index is 1360. The van der Waals surface area contributed by atoms with Crippen molar-refractivity contribution in [2.24, 2.45) is 5.41 Å². The van der Waals surface area contributed by atoms with Crippen LogP contribution in [0.1, 0.15) is 6.92 Å². The second-order valence-electron chi connectivity index (χ2n) is 7.36. The highest BCUT2D eigenvalue weighted by molar-refractivity contribution is 9.12. The van der Waals surface area contributed by atoms with Gasteiger partial charge < -0.3 is 14.2 Å². The maximum atomic E-state index is 13.4. The number of carbonyl (C=O) groups is 3. The predicted molar refractivity (Wildman–Crippen MR) is 143 cm³/mol. The lowest BCUT2D eigenvalue weighted by atomic mass is 9.90. The minimum Gasteiger partial charge on any atom is -0.450 e. The molecule has 0 saturated carbocycles. The van der Waals surface area contributed by atoms with Crippen molar-refractivity contribution in [1.82, 2.24) is 0 Å². The number of hydrogen-bond donors (Lipinski definition) is 1. The Kier molecular flexibility index (Phi) is 11.0. The lowest BCUT2D eigenvalue weighted by Crippen LogP contribution is -2.52. The van der Waals surface area contributed by atoms with Gasteiger partial charge in [0.25, 0.3) is 15.5 Å². The molecule has 0 radical (unpaired) electrons. The van der Waals surface area contributed by atoms with E-state index in [1.54, 1.807) is 0 Å². The van der Waals surface area contributed by atoms with E-state index in [-0.39, 0.29) is 24.9 Å². The molecule has 0 amide bonds. The van der Waals surface area contributed by atoms with Gasteiger partial charge in [-0.1, -0.05) is 31.9 Å². The number of hydrogen-bond acceptors (Lipinski definition) is 8. The molecule has 0 bridgehead atoms. The second-order valence-corrected chi connectivity index (χ2v) is 13.3. The van der Waals surface area contributed by atoms with Crippen LogP contribution in [0, 0.1) is 5.41 Å². The highest BCUT2D eigenvalue weighted by atomic mass is 79.9. The van der Waals surface area contributed by atoms with Gasteiger partial charge in [0, 0.05) is 8.95 Å². The number of ether oxygens (including phenoxy) is 3. The summed E-state index contributed by atoms with van der Waals surface area (Å²) >= 11 is 15.7. The van der Waals surface area contributed by atoms with Crippen LogP contribution in [0.4, 0.5) is 13.2 Å². The van der Waals surface area contributed by atoms with E-state index in [2.05, 4.69) is 84.4 Å². The highest BCUT2D eigenvalue weighted by Crippen LogP contribution is 2.39. The Hall–Kier alpha value is -1.05. The monoisotopic (exact) mass is 880 g/mol. The third kappa shape index (κ3) is 8.47. The molecule has 0 saturated heterocycles. The van der Waals surface area contributed by atoms with Gasteiger partial charge >= 0.3 is 24.1 Å². The van der Waals surface area contributed by atoms with Gasteiger partial charge in [0.15, 0.2) is 5.75 Å². The number of halogens is 8. The minimum absolute atomic E-state index is 0.131. The quantitative estimate of drug-likeness (QED) is 0.139. The fraction of sp³-hybridized carbons (Fsp3) is 0.250. The summed E-state index contributed by atoms with van der Waals surface area (Å²) in [6, 6.07) is 6.93. The molecule has 38 heavy (non-hydrogen) atoms. The minimum atomic E-state index is -5.51. The topological polar surface area (TPSA) is 133 Å². The standard InChI is InChI=1S/C20H12Br5F3O9S/c1-19(16(29)35-13-3-2-8(21)4-10(13)23,17(30)36-14(20(26,27)28)7-38(32,33)34)18(31)37-15-11(24)5-9(22)6-12(15)25/h2-6,14H,7H2,1H3,(H,32,33,34). The average molecular weight is 885 g/mol. The first kappa shape index (κ1) is 33.2. The normalized spacial score (nSPS) is 14.3. The summed E-state index contributed by atoms with van der Waals surface area (Å²) < 4.78 is 87.3. The summed E-state index contributed by atoms with van der Waals surface area (Å²) in [7, 11) is -5.32. The van der Waals surface area contributed by atoms with E-state index in [1.807, 2.05) is 0 Å². The van der Waals surface area contributed by atoms with Crippen molar-refractivity contribution in [3.05, 3.63) is 52.7 Å². The molecule has 208 valence electrons. The van der Waals surface area contributed by atoms with E-state index in [1.165, 1.54) is 30.3 Å². The maximum Gasteiger partial charge on any atom is 0.426 e. The molecular formula is C20H12Br5F3O9S. The van der Waals surface area contributed by atoms with E-state index in [0.29, 0.717) is 15.9 Å². The summed E-state index contributed by atoms with van der Waals surface area (Å²) in [4.78, 5) is 39.3. The van der Waals surface area contributed by atoms with Crippen molar-refractivity contribution < 1.29 is 54.7 Å². The molecule has 2 aromatic rings. The molecule has 1 N–H and O–H groups in total. The molecule has 0 spiro atoms. The SMILES string of the molecule is CC(C(=O)Oc1ccc(Br)cc1Br)(C(=O)Oc1c(Br)cc(Br)cc1Br)C(=O)OC(CS(=O)(=O)O)C(F)(F)F. The molecule has 0 aliphatic heterocycles. The first-order chi connectivity index (χ1) is 17.3. The summed E-state index contributed by atoms with van der Waals surface area (Å²) in [5.41, 5.74) is -3.22. The molecule has 2 unspecified atom stereocenters. The fourth-order valence-electron chi connectivity index (χ4n) is 2.46. The molecule has 2 rings (SSSR count). The Morgan fingerprint density at radius 1 is 0.868 bits per heavy atom. The molecule has 2 aromatic carbocycles. The maximum absolute atomic E-state index is 13.4. The van der Waals surface area contributed by atoms with Crippen LogP contribution in [0.3, 0.4) is 0 Å². The molecule has 0 aliphatic carbocycles. The van der Waals surface area contributed by atoms with Crippen molar-refractivity contribution in [1.29, 1.82) is 0 Å². The van der Waals surface area contributed by atoms with Crippen molar-refractivity contribution >= 4 is 108 Å². The lowest BCUT2D eigenvalue weighted by Gasteiger charge is -2.27. The van der Waals surface area contributed by atoms with Crippen molar-refractivity contribution in [2.75, 3.05) is 5.75 Å². The van der Waals surface area contributed by atoms with E-state index in [9.17, 15) is 36.0 Å².